The van der Waals surface area contributed by atoms with Crippen LogP contribution in [-0.2, 0) is 11.2 Å². The second kappa shape index (κ2) is 8.58. The number of methoxy groups -OCH3 is 2. The van der Waals surface area contributed by atoms with E-state index in [4.69, 9.17) is 14.2 Å². The third-order valence-corrected chi connectivity index (χ3v) is 5.49. The summed E-state index contributed by atoms with van der Waals surface area (Å²) in [5.41, 5.74) is 1.62. The highest BCUT2D eigenvalue weighted by atomic mass is 79.9. The van der Waals surface area contributed by atoms with Crippen LogP contribution < -0.4 is 19.5 Å². The van der Waals surface area contributed by atoms with Gasteiger partial charge < -0.3 is 19.5 Å². The summed E-state index contributed by atoms with van der Waals surface area (Å²) in [6.45, 7) is 2.54. The van der Waals surface area contributed by atoms with Gasteiger partial charge in [-0.05, 0) is 42.8 Å². The highest BCUT2D eigenvalue weighted by Crippen LogP contribution is 2.34. The van der Waals surface area contributed by atoms with E-state index in [0.29, 0.717) is 23.2 Å². The molecule has 3 aromatic rings. The van der Waals surface area contributed by atoms with Crippen LogP contribution in [0.1, 0.15) is 12.5 Å². The smallest absolute Gasteiger partial charge is 0.230 e. The summed E-state index contributed by atoms with van der Waals surface area (Å²) in [5.74, 6) is 1.81. The van der Waals surface area contributed by atoms with Crippen LogP contribution in [0.2, 0.25) is 0 Å². The molecule has 0 saturated heterocycles. The molecule has 1 heterocycles. The average molecular weight is 451 g/mol. The van der Waals surface area contributed by atoms with Crippen molar-refractivity contribution in [3.05, 3.63) is 40.4 Å². The number of rotatable bonds is 7. The molecule has 0 radical (unpaired) electrons. The van der Waals surface area contributed by atoms with E-state index < -0.39 is 0 Å². The number of thiazole rings is 1. The van der Waals surface area contributed by atoms with Crippen molar-refractivity contribution in [2.24, 2.45) is 0 Å². The Bertz CT molecular complexity index is 974. The molecule has 0 aliphatic rings. The van der Waals surface area contributed by atoms with E-state index in [9.17, 15) is 4.79 Å². The van der Waals surface area contributed by atoms with Crippen molar-refractivity contribution in [2.75, 3.05) is 26.1 Å². The molecule has 0 spiro atoms. The lowest BCUT2D eigenvalue weighted by molar-refractivity contribution is -0.115. The number of carbonyl (C=O) groups excluding carboxylic acids is 1. The summed E-state index contributed by atoms with van der Waals surface area (Å²) in [6, 6.07) is 9.26. The fourth-order valence-electron chi connectivity index (χ4n) is 2.58. The molecule has 0 fully saturated rings. The molecular weight excluding hydrogens is 432 g/mol. The monoisotopic (exact) mass is 450 g/mol. The van der Waals surface area contributed by atoms with Crippen LogP contribution in [0.5, 0.6) is 17.2 Å². The maximum Gasteiger partial charge on any atom is 0.230 e. The van der Waals surface area contributed by atoms with Gasteiger partial charge >= 0.3 is 0 Å². The van der Waals surface area contributed by atoms with Gasteiger partial charge in [0.1, 0.15) is 5.75 Å². The van der Waals surface area contributed by atoms with E-state index in [-0.39, 0.29) is 12.3 Å². The van der Waals surface area contributed by atoms with Crippen molar-refractivity contribution in [3.8, 4) is 17.2 Å². The van der Waals surface area contributed by atoms with Crippen LogP contribution in [0.4, 0.5) is 5.13 Å². The van der Waals surface area contributed by atoms with Gasteiger partial charge in [0.2, 0.25) is 5.91 Å². The zero-order valence-electron chi connectivity index (χ0n) is 15.2. The number of carbonyl (C=O) groups is 1. The topological polar surface area (TPSA) is 69.7 Å². The van der Waals surface area contributed by atoms with Crippen molar-refractivity contribution in [3.63, 3.8) is 0 Å². The Kier molecular flexibility index (Phi) is 6.18. The van der Waals surface area contributed by atoms with Gasteiger partial charge in [-0.1, -0.05) is 27.3 Å². The van der Waals surface area contributed by atoms with Crippen molar-refractivity contribution in [1.82, 2.24) is 4.98 Å². The van der Waals surface area contributed by atoms with E-state index in [1.54, 1.807) is 26.4 Å². The first-order chi connectivity index (χ1) is 13.0. The van der Waals surface area contributed by atoms with E-state index in [0.717, 1.165) is 26.0 Å². The van der Waals surface area contributed by atoms with Crippen LogP contribution in [-0.4, -0.2) is 31.7 Å². The van der Waals surface area contributed by atoms with Crippen molar-refractivity contribution >= 4 is 48.5 Å². The van der Waals surface area contributed by atoms with Crippen molar-refractivity contribution < 1.29 is 19.0 Å². The van der Waals surface area contributed by atoms with Crippen LogP contribution in [0.3, 0.4) is 0 Å². The predicted octanol–water partition coefficient (Wildman–Crippen LogP) is 4.66. The number of nitrogens with zero attached hydrogens (tertiary/aromatic N) is 1. The van der Waals surface area contributed by atoms with Gasteiger partial charge in [0.15, 0.2) is 16.6 Å². The highest BCUT2D eigenvalue weighted by molar-refractivity contribution is 9.10. The molecule has 0 saturated carbocycles. The first kappa shape index (κ1) is 19.4. The summed E-state index contributed by atoms with van der Waals surface area (Å²) in [4.78, 5) is 16.9. The lowest BCUT2D eigenvalue weighted by Gasteiger charge is -2.11. The van der Waals surface area contributed by atoms with Crippen molar-refractivity contribution in [2.45, 2.75) is 13.3 Å². The largest absolute Gasteiger partial charge is 0.494 e. The molecule has 0 aliphatic carbocycles. The number of fused-ring (bicyclic) bond motifs is 1. The first-order valence-electron chi connectivity index (χ1n) is 8.27. The molecule has 1 aromatic heterocycles. The molecule has 0 unspecified atom stereocenters. The summed E-state index contributed by atoms with van der Waals surface area (Å²) in [6.07, 6.45) is 0.182. The molecule has 8 heteroatoms. The maximum absolute atomic E-state index is 12.5. The number of amides is 1. The summed E-state index contributed by atoms with van der Waals surface area (Å²) in [7, 11) is 3.13. The number of hydrogen-bond acceptors (Lipinski definition) is 6. The minimum Gasteiger partial charge on any atom is -0.494 e. The Labute approximate surface area is 169 Å². The number of halogens is 1. The Morgan fingerprint density at radius 2 is 1.93 bits per heavy atom. The minimum absolute atomic E-state index is 0.160. The molecule has 2 aromatic carbocycles. The van der Waals surface area contributed by atoms with Gasteiger partial charge in [-0.15, -0.1) is 0 Å². The molecule has 3 rings (SSSR count). The Morgan fingerprint density at radius 3 is 2.63 bits per heavy atom. The normalized spacial score (nSPS) is 10.7. The Hall–Kier alpha value is -2.32. The van der Waals surface area contributed by atoms with Crippen LogP contribution in [0, 0.1) is 0 Å². The number of benzene rings is 2. The number of anilines is 1. The summed E-state index contributed by atoms with van der Waals surface area (Å²) >= 11 is 4.89. The molecule has 0 aliphatic heterocycles. The summed E-state index contributed by atoms with van der Waals surface area (Å²) < 4.78 is 17.8. The fourth-order valence-corrected chi connectivity index (χ4v) is 3.96. The van der Waals surface area contributed by atoms with Crippen LogP contribution in [0.25, 0.3) is 10.2 Å². The number of aromatic nitrogens is 1. The Morgan fingerprint density at radius 1 is 1.19 bits per heavy atom. The quantitative estimate of drug-likeness (QED) is 0.566. The van der Waals surface area contributed by atoms with Gasteiger partial charge in [0.25, 0.3) is 0 Å². The molecule has 1 N–H and O–H groups in total. The SMILES string of the molecule is CCOc1ccc2nc(NC(=O)Cc3cc(OC)c(OC)cc3Br)sc2c1. The molecule has 27 heavy (non-hydrogen) atoms. The maximum atomic E-state index is 12.5. The molecule has 142 valence electrons. The lowest BCUT2D eigenvalue weighted by atomic mass is 10.1. The highest BCUT2D eigenvalue weighted by Gasteiger charge is 2.14. The van der Waals surface area contributed by atoms with Gasteiger partial charge in [0, 0.05) is 4.47 Å². The summed E-state index contributed by atoms with van der Waals surface area (Å²) in [5, 5.41) is 3.42. The molecule has 1 amide bonds. The predicted molar refractivity (Wildman–Crippen MR) is 110 cm³/mol. The zero-order chi connectivity index (χ0) is 19.4. The molecule has 0 bridgehead atoms. The zero-order valence-corrected chi connectivity index (χ0v) is 17.6. The number of ether oxygens (including phenoxy) is 3. The third kappa shape index (κ3) is 4.51. The van der Waals surface area contributed by atoms with Crippen LogP contribution in [0.15, 0.2) is 34.8 Å². The first-order valence-corrected chi connectivity index (χ1v) is 9.88. The Balaban J connectivity index is 1.75. The minimum atomic E-state index is -0.160. The van der Waals surface area contributed by atoms with E-state index in [2.05, 4.69) is 26.2 Å². The standard InChI is InChI=1S/C19H19BrN2O4S/c1-4-26-12-5-6-14-17(9-12)27-19(21-14)22-18(23)8-11-7-15(24-2)16(25-3)10-13(11)20/h5-7,9-10H,4,8H2,1-3H3,(H,21,22,23). The van der Waals surface area contributed by atoms with Gasteiger partial charge in [0.05, 0.1) is 37.5 Å². The van der Waals surface area contributed by atoms with Gasteiger partial charge in [-0.25, -0.2) is 4.98 Å². The molecular formula is C19H19BrN2O4S. The van der Waals surface area contributed by atoms with Gasteiger partial charge in [-0.3, -0.25) is 4.79 Å². The molecule has 0 atom stereocenters. The van der Waals surface area contributed by atoms with Crippen LogP contribution >= 0.6 is 27.3 Å². The van der Waals surface area contributed by atoms with Gasteiger partial charge in [-0.2, -0.15) is 0 Å². The fraction of sp³-hybridized carbons (Fsp3) is 0.263. The number of nitrogens with one attached hydrogen (secondary N) is 1. The second-order valence-electron chi connectivity index (χ2n) is 5.61. The average Bonchev–Trinajstić information content (AvgIpc) is 3.04. The van der Waals surface area contributed by atoms with E-state index in [1.165, 1.54) is 11.3 Å². The van der Waals surface area contributed by atoms with Crippen molar-refractivity contribution in [1.29, 1.82) is 0 Å². The second-order valence-corrected chi connectivity index (χ2v) is 7.49. The lowest BCUT2D eigenvalue weighted by Crippen LogP contribution is -2.14. The van der Waals surface area contributed by atoms with E-state index in [1.807, 2.05) is 25.1 Å². The number of hydrogen-bond donors (Lipinski definition) is 1. The van der Waals surface area contributed by atoms with E-state index >= 15 is 0 Å². The molecule has 6 nitrogen and oxygen atoms in total. The third-order valence-electron chi connectivity index (χ3n) is 3.82.